The number of alkyl halides is 3. The van der Waals surface area contributed by atoms with Gasteiger partial charge in [-0.25, -0.2) is 9.78 Å². The molecule has 4 aromatic rings. The number of piperidine rings is 1. The van der Waals surface area contributed by atoms with E-state index in [2.05, 4.69) is 16.8 Å². The molecule has 0 saturated carbocycles. The second kappa shape index (κ2) is 9.64. The SMILES string of the molecule is C[C@@H](c1cccc(-n2cc3c(C(F)(F)F)cc(CN4CCC([SiH3])[C@H](C)C4)cn3c2=O)c1)c1nccs1. The fourth-order valence-electron chi connectivity index (χ4n) is 5.03. The van der Waals surface area contributed by atoms with E-state index in [1.807, 2.05) is 30.5 Å². The van der Waals surface area contributed by atoms with Crippen molar-refractivity contribution in [1.82, 2.24) is 18.9 Å². The molecule has 0 N–H and O–H groups in total. The van der Waals surface area contributed by atoms with E-state index in [9.17, 15) is 18.0 Å². The molecule has 1 saturated heterocycles. The van der Waals surface area contributed by atoms with Crippen LogP contribution in [0.3, 0.4) is 0 Å². The molecule has 4 heterocycles. The summed E-state index contributed by atoms with van der Waals surface area (Å²) >= 11 is 1.54. The Morgan fingerprint density at radius 2 is 2.06 bits per heavy atom. The predicted molar refractivity (Wildman–Crippen MR) is 140 cm³/mol. The molecule has 1 unspecified atom stereocenters. The quantitative estimate of drug-likeness (QED) is 0.351. The largest absolute Gasteiger partial charge is 0.418 e. The molecule has 3 atom stereocenters. The van der Waals surface area contributed by atoms with Gasteiger partial charge in [-0.05, 0) is 53.8 Å². The lowest BCUT2D eigenvalue weighted by molar-refractivity contribution is -0.136. The van der Waals surface area contributed by atoms with Gasteiger partial charge in [0.1, 0.15) is 0 Å². The Kier molecular flexibility index (Phi) is 6.69. The minimum absolute atomic E-state index is 0.00680. The van der Waals surface area contributed by atoms with Crippen LogP contribution in [0.2, 0.25) is 5.54 Å². The highest BCUT2D eigenvalue weighted by atomic mass is 32.1. The number of pyridine rings is 1. The second-order valence-electron chi connectivity index (χ2n) is 9.96. The summed E-state index contributed by atoms with van der Waals surface area (Å²) < 4.78 is 44.8. The molecule has 5 nitrogen and oxygen atoms in total. The molecule has 0 bridgehead atoms. The van der Waals surface area contributed by atoms with Crippen LogP contribution in [0.1, 0.15) is 47.9 Å². The van der Waals surface area contributed by atoms with E-state index in [1.54, 1.807) is 29.8 Å². The molecule has 10 heteroatoms. The molecular weight excluding hydrogens is 501 g/mol. The number of rotatable bonds is 5. The van der Waals surface area contributed by atoms with Crippen LogP contribution in [0.4, 0.5) is 13.2 Å². The molecule has 1 fully saturated rings. The van der Waals surface area contributed by atoms with Crippen molar-refractivity contribution >= 4 is 27.1 Å². The van der Waals surface area contributed by atoms with Crippen LogP contribution in [-0.4, -0.2) is 42.2 Å². The number of thiazole rings is 1. The lowest BCUT2D eigenvalue weighted by atomic mass is 9.99. The van der Waals surface area contributed by atoms with Crippen molar-refractivity contribution in [3.05, 3.63) is 86.5 Å². The highest BCUT2D eigenvalue weighted by Crippen LogP contribution is 2.34. The average Bonchev–Trinajstić information content (AvgIpc) is 3.49. The van der Waals surface area contributed by atoms with Gasteiger partial charge in [-0.3, -0.25) is 13.9 Å². The zero-order valence-electron chi connectivity index (χ0n) is 20.5. The van der Waals surface area contributed by atoms with Gasteiger partial charge in [-0.2, -0.15) is 13.2 Å². The van der Waals surface area contributed by atoms with E-state index in [0.717, 1.165) is 50.3 Å². The Morgan fingerprint density at radius 3 is 2.75 bits per heavy atom. The molecule has 36 heavy (non-hydrogen) atoms. The van der Waals surface area contributed by atoms with E-state index in [-0.39, 0.29) is 11.4 Å². The number of benzene rings is 1. The van der Waals surface area contributed by atoms with E-state index in [4.69, 9.17) is 0 Å². The summed E-state index contributed by atoms with van der Waals surface area (Å²) in [5, 5.41) is 2.85. The van der Waals surface area contributed by atoms with Crippen molar-refractivity contribution in [2.45, 2.75) is 44.4 Å². The number of fused-ring (bicyclic) bond motifs is 1. The second-order valence-corrected chi connectivity index (χ2v) is 12.4. The molecule has 1 aliphatic rings. The van der Waals surface area contributed by atoms with Gasteiger partial charge >= 0.3 is 11.9 Å². The predicted octanol–water partition coefficient (Wildman–Crippen LogP) is 4.71. The average molecular weight is 531 g/mol. The van der Waals surface area contributed by atoms with Crippen molar-refractivity contribution in [3.8, 4) is 5.69 Å². The Morgan fingerprint density at radius 1 is 1.25 bits per heavy atom. The third-order valence-electron chi connectivity index (χ3n) is 7.42. The van der Waals surface area contributed by atoms with Gasteiger partial charge in [-0.1, -0.05) is 26.0 Å². The molecule has 1 aromatic carbocycles. The number of nitrogens with zero attached hydrogens (tertiary/aromatic N) is 4. The molecule has 1 aliphatic heterocycles. The summed E-state index contributed by atoms with van der Waals surface area (Å²) in [4.78, 5) is 20.0. The molecule has 0 aliphatic carbocycles. The maximum Gasteiger partial charge on any atom is 0.418 e. The molecule has 5 rings (SSSR count). The van der Waals surface area contributed by atoms with Crippen molar-refractivity contribution in [3.63, 3.8) is 0 Å². The summed E-state index contributed by atoms with van der Waals surface area (Å²) in [7, 11) is 1.13. The fraction of sp³-hybridized carbons (Fsp3) is 0.385. The molecule has 3 aromatic heterocycles. The lowest BCUT2D eigenvalue weighted by Crippen LogP contribution is -2.37. The van der Waals surface area contributed by atoms with Gasteiger partial charge in [-0.15, -0.1) is 11.3 Å². The van der Waals surface area contributed by atoms with Crippen LogP contribution >= 0.6 is 11.3 Å². The molecule has 190 valence electrons. The smallest absolute Gasteiger partial charge is 0.299 e. The number of aromatic nitrogens is 3. The third-order valence-corrected chi connectivity index (χ3v) is 10.1. The third kappa shape index (κ3) is 4.81. The molecule has 0 radical (unpaired) electrons. The van der Waals surface area contributed by atoms with Crippen LogP contribution in [0.5, 0.6) is 0 Å². The Hall–Kier alpha value is -2.69. The van der Waals surface area contributed by atoms with Gasteiger partial charge in [0, 0.05) is 53.2 Å². The van der Waals surface area contributed by atoms with Crippen molar-refractivity contribution in [2.75, 3.05) is 13.1 Å². The first-order chi connectivity index (χ1) is 17.1. The molecular formula is C26H29F3N4OSSi. The zero-order valence-corrected chi connectivity index (χ0v) is 23.3. The summed E-state index contributed by atoms with van der Waals surface area (Å²) in [5.74, 6) is 0.548. The number of hydrogen-bond acceptors (Lipinski definition) is 4. The van der Waals surface area contributed by atoms with Gasteiger partial charge in [0.25, 0.3) is 0 Å². The van der Waals surface area contributed by atoms with Gasteiger partial charge in [0.15, 0.2) is 0 Å². The number of likely N-dealkylation sites (tertiary alicyclic amines) is 1. The van der Waals surface area contributed by atoms with E-state index in [1.165, 1.54) is 16.8 Å². The maximum absolute atomic E-state index is 14.1. The van der Waals surface area contributed by atoms with E-state index >= 15 is 0 Å². The van der Waals surface area contributed by atoms with Crippen LogP contribution < -0.4 is 5.69 Å². The van der Waals surface area contributed by atoms with Crippen molar-refractivity contribution in [1.29, 1.82) is 0 Å². The van der Waals surface area contributed by atoms with Crippen LogP contribution in [0.15, 0.2) is 59.1 Å². The first kappa shape index (κ1) is 25.0. The maximum atomic E-state index is 14.1. The Labute approximate surface area is 214 Å². The Balaban J connectivity index is 1.56. The summed E-state index contributed by atoms with van der Waals surface area (Å²) in [6.45, 7) is 6.37. The molecule has 0 amide bonds. The first-order valence-corrected chi connectivity index (χ1v) is 14.2. The van der Waals surface area contributed by atoms with Crippen LogP contribution in [0, 0.1) is 5.92 Å². The van der Waals surface area contributed by atoms with Crippen molar-refractivity contribution < 1.29 is 13.2 Å². The number of halogens is 3. The first-order valence-electron chi connectivity index (χ1n) is 12.2. The highest BCUT2D eigenvalue weighted by molar-refractivity contribution is 7.09. The topological polar surface area (TPSA) is 42.5 Å². The van der Waals surface area contributed by atoms with Gasteiger partial charge in [0.05, 0.1) is 21.8 Å². The fourth-order valence-corrected chi connectivity index (χ4v) is 6.22. The van der Waals surface area contributed by atoms with Gasteiger partial charge in [0.2, 0.25) is 0 Å². The van der Waals surface area contributed by atoms with Crippen LogP contribution in [0.25, 0.3) is 11.2 Å². The summed E-state index contributed by atoms with van der Waals surface area (Å²) in [6.07, 6.45) is 1.12. The summed E-state index contributed by atoms with van der Waals surface area (Å²) in [5.41, 5.74) is 1.28. The summed E-state index contributed by atoms with van der Waals surface area (Å²) in [6, 6.07) is 8.56. The van der Waals surface area contributed by atoms with Gasteiger partial charge < -0.3 is 0 Å². The minimum atomic E-state index is -4.57. The minimum Gasteiger partial charge on any atom is -0.299 e. The number of imidazole rings is 1. The standard InChI is InChI=1S/C26H29F3N4OSSi/c1-16-12-31(8-6-23(16)36)13-18-10-21(26(27,28)29)22-15-32(25(34)33(22)14-18)20-5-3-4-19(11-20)17(2)24-30-7-9-35-24/h3-5,7,9-11,14-17,23H,6,8,12-13H2,1-2,36H3/t16-,17+,23?/m1/s1. The van der Waals surface area contributed by atoms with E-state index in [0.29, 0.717) is 23.7 Å². The normalized spacial score (nSPS) is 20.2. The number of hydrogen-bond donors (Lipinski definition) is 0. The zero-order chi connectivity index (χ0) is 25.6. The lowest BCUT2D eigenvalue weighted by Gasteiger charge is -2.35. The molecule has 0 spiro atoms. The van der Waals surface area contributed by atoms with Crippen molar-refractivity contribution in [2.24, 2.45) is 5.92 Å². The van der Waals surface area contributed by atoms with Crippen LogP contribution in [-0.2, 0) is 12.7 Å². The highest BCUT2D eigenvalue weighted by Gasteiger charge is 2.35. The Bertz CT molecular complexity index is 1430. The van der Waals surface area contributed by atoms with E-state index < -0.39 is 17.4 Å². The monoisotopic (exact) mass is 530 g/mol.